The summed E-state index contributed by atoms with van der Waals surface area (Å²) in [7, 11) is 0. The van der Waals surface area contributed by atoms with Crippen molar-refractivity contribution in [1.82, 2.24) is 4.90 Å². The molecule has 4 heteroatoms. The molecule has 1 saturated carbocycles. The molecule has 2 rings (SSSR count). The van der Waals surface area contributed by atoms with E-state index in [-0.39, 0.29) is 17.9 Å². The summed E-state index contributed by atoms with van der Waals surface area (Å²) in [5.41, 5.74) is 0. The second-order valence-corrected chi connectivity index (χ2v) is 4.13. The van der Waals surface area contributed by atoms with Crippen molar-refractivity contribution in [2.75, 3.05) is 13.1 Å². The van der Waals surface area contributed by atoms with Crippen molar-refractivity contribution in [2.24, 2.45) is 11.8 Å². The van der Waals surface area contributed by atoms with E-state index in [4.69, 9.17) is 5.11 Å². The Morgan fingerprint density at radius 1 is 1.23 bits per heavy atom. The molecule has 0 aromatic carbocycles. The molecule has 0 aromatic heterocycles. The fourth-order valence-electron chi connectivity index (χ4n) is 2.56. The molecule has 1 heterocycles. The summed E-state index contributed by atoms with van der Waals surface area (Å²) in [5.74, 6) is 0.368. The average molecular weight is 185 g/mol. The first kappa shape index (κ1) is 8.81. The number of hydrogen-bond donors (Lipinski definition) is 2. The van der Waals surface area contributed by atoms with Crippen molar-refractivity contribution in [3.63, 3.8) is 0 Å². The van der Waals surface area contributed by atoms with E-state index in [0.29, 0.717) is 13.1 Å². The number of fused-ring (bicyclic) bond motifs is 2. The Labute approximate surface area is 77.2 Å². The Hall–Kier alpha value is -0.770. The number of piperidine rings is 1. The van der Waals surface area contributed by atoms with E-state index in [2.05, 4.69) is 0 Å². The van der Waals surface area contributed by atoms with Crippen LogP contribution in [0.25, 0.3) is 0 Å². The van der Waals surface area contributed by atoms with Crippen LogP contribution >= 0.6 is 0 Å². The average Bonchev–Trinajstić information content (AvgIpc) is 2.02. The first-order valence-corrected chi connectivity index (χ1v) is 4.84. The van der Waals surface area contributed by atoms with Gasteiger partial charge in [-0.25, -0.2) is 4.79 Å². The third-order valence-electron chi connectivity index (χ3n) is 3.30. The Balaban J connectivity index is 2.07. The van der Waals surface area contributed by atoms with E-state index >= 15 is 0 Å². The van der Waals surface area contributed by atoms with Crippen molar-refractivity contribution < 1.29 is 15.0 Å². The molecule has 1 aliphatic carbocycles. The van der Waals surface area contributed by atoms with Gasteiger partial charge in [-0.2, -0.15) is 0 Å². The topological polar surface area (TPSA) is 60.8 Å². The van der Waals surface area contributed by atoms with E-state index in [1.807, 2.05) is 0 Å². The van der Waals surface area contributed by atoms with Crippen molar-refractivity contribution in [2.45, 2.75) is 25.4 Å². The van der Waals surface area contributed by atoms with Gasteiger partial charge in [0, 0.05) is 24.9 Å². The summed E-state index contributed by atoms with van der Waals surface area (Å²) >= 11 is 0. The van der Waals surface area contributed by atoms with Gasteiger partial charge in [-0.15, -0.1) is 0 Å². The van der Waals surface area contributed by atoms with Crippen LogP contribution in [-0.4, -0.2) is 40.4 Å². The summed E-state index contributed by atoms with van der Waals surface area (Å²) in [4.78, 5) is 12.2. The molecule has 1 saturated heterocycles. The molecule has 1 amide bonds. The standard InChI is InChI=1S/C9H15NO3/c11-8-6-2-1-3-7(8)5-10(4-6)9(12)13/h6-8,11H,1-5H2,(H,12,13)/t6-,7+,8?. The molecule has 4 nitrogen and oxygen atoms in total. The first-order chi connectivity index (χ1) is 6.18. The van der Waals surface area contributed by atoms with E-state index in [9.17, 15) is 9.90 Å². The predicted octanol–water partition coefficient (Wildman–Crippen LogP) is 0.757. The molecule has 3 atom stereocenters. The second-order valence-electron chi connectivity index (χ2n) is 4.13. The highest BCUT2D eigenvalue weighted by atomic mass is 16.4. The molecule has 1 aliphatic heterocycles. The molecule has 0 spiro atoms. The van der Waals surface area contributed by atoms with Crippen molar-refractivity contribution in [3.8, 4) is 0 Å². The SMILES string of the molecule is O=C(O)N1C[C@H]2CCC[C@@H](C1)C2O. The smallest absolute Gasteiger partial charge is 0.407 e. The van der Waals surface area contributed by atoms with Crippen LogP contribution < -0.4 is 0 Å². The Morgan fingerprint density at radius 2 is 1.77 bits per heavy atom. The summed E-state index contributed by atoms with van der Waals surface area (Å²) in [6.07, 6.45) is 1.98. The summed E-state index contributed by atoms with van der Waals surface area (Å²) in [6.45, 7) is 1.04. The number of aliphatic hydroxyl groups is 1. The minimum absolute atomic E-state index is 0.184. The second kappa shape index (κ2) is 3.18. The van der Waals surface area contributed by atoms with Crippen molar-refractivity contribution in [1.29, 1.82) is 0 Å². The highest BCUT2D eigenvalue weighted by Gasteiger charge is 2.39. The molecule has 2 bridgehead atoms. The maximum absolute atomic E-state index is 10.7. The maximum Gasteiger partial charge on any atom is 0.407 e. The number of nitrogens with zero attached hydrogens (tertiary/aromatic N) is 1. The van der Waals surface area contributed by atoms with Crippen LogP contribution in [-0.2, 0) is 0 Å². The van der Waals surface area contributed by atoms with E-state index in [0.717, 1.165) is 19.3 Å². The zero-order valence-corrected chi connectivity index (χ0v) is 7.52. The monoisotopic (exact) mass is 185 g/mol. The van der Waals surface area contributed by atoms with Gasteiger partial charge in [0.05, 0.1) is 6.10 Å². The largest absolute Gasteiger partial charge is 0.465 e. The summed E-state index contributed by atoms with van der Waals surface area (Å²) in [5, 5.41) is 18.6. The summed E-state index contributed by atoms with van der Waals surface area (Å²) in [6, 6.07) is 0. The molecular weight excluding hydrogens is 170 g/mol. The van der Waals surface area contributed by atoms with Crippen LogP contribution in [0.3, 0.4) is 0 Å². The normalized spacial score (nSPS) is 38.8. The number of aliphatic hydroxyl groups excluding tert-OH is 1. The molecule has 1 unspecified atom stereocenters. The lowest BCUT2D eigenvalue weighted by atomic mass is 9.75. The molecule has 0 radical (unpaired) electrons. The Kier molecular flexibility index (Phi) is 2.15. The zero-order valence-electron chi connectivity index (χ0n) is 7.52. The van der Waals surface area contributed by atoms with Gasteiger partial charge in [0.2, 0.25) is 0 Å². The van der Waals surface area contributed by atoms with Crippen LogP contribution in [0.1, 0.15) is 19.3 Å². The number of carboxylic acid groups (broad SMARTS) is 1. The van der Waals surface area contributed by atoms with Gasteiger partial charge in [-0.3, -0.25) is 0 Å². The number of rotatable bonds is 0. The van der Waals surface area contributed by atoms with Crippen LogP contribution in [0.15, 0.2) is 0 Å². The predicted molar refractivity (Wildman–Crippen MR) is 46.4 cm³/mol. The first-order valence-electron chi connectivity index (χ1n) is 4.84. The lowest BCUT2D eigenvalue weighted by molar-refractivity contribution is -0.0423. The molecule has 74 valence electrons. The van der Waals surface area contributed by atoms with Crippen LogP contribution in [0.5, 0.6) is 0 Å². The minimum atomic E-state index is -0.844. The third kappa shape index (κ3) is 1.50. The quantitative estimate of drug-likeness (QED) is 0.585. The molecule has 13 heavy (non-hydrogen) atoms. The van der Waals surface area contributed by atoms with Crippen molar-refractivity contribution in [3.05, 3.63) is 0 Å². The lowest BCUT2D eigenvalue weighted by Gasteiger charge is -2.43. The van der Waals surface area contributed by atoms with E-state index < -0.39 is 6.09 Å². The van der Waals surface area contributed by atoms with Crippen LogP contribution in [0, 0.1) is 11.8 Å². The van der Waals surface area contributed by atoms with Crippen LogP contribution in [0.2, 0.25) is 0 Å². The van der Waals surface area contributed by atoms with Gasteiger partial charge >= 0.3 is 6.09 Å². The van der Waals surface area contributed by atoms with Gasteiger partial charge < -0.3 is 15.1 Å². The van der Waals surface area contributed by atoms with Crippen molar-refractivity contribution >= 4 is 6.09 Å². The number of carbonyl (C=O) groups is 1. The molecule has 2 fully saturated rings. The lowest BCUT2D eigenvalue weighted by Crippen LogP contribution is -2.52. The fourth-order valence-corrected chi connectivity index (χ4v) is 2.56. The number of amides is 1. The van der Waals surface area contributed by atoms with E-state index in [1.54, 1.807) is 0 Å². The minimum Gasteiger partial charge on any atom is -0.465 e. The highest BCUT2D eigenvalue weighted by molar-refractivity contribution is 5.65. The Morgan fingerprint density at radius 3 is 2.23 bits per heavy atom. The van der Waals surface area contributed by atoms with Crippen LogP contribution in [0.4, 0.5) is 4.79 Å². The maximum atomic E-state index is 10.7. The van der Waals surface area contributed by atoms with Gasteiger partial charge in [-0.05, 0) is 12.8 Å². The number of likely N-dealkylation sites (tertiary alicyclic amines) is 1. The van der Waals surface area contributed by atoms with Gasteiger partial charge in [0.1, 0.15) is 0 Å². The Bertz CT molecular complexity index is 205. The van der Waals surface area contributed by atoms with E-state index in [1.165, 1.54) is 4.90 Å². The molecular formula is C9H15NO3. The number of hydrogen-bond acceptors (Lipinski definition) is 2. The zero-order chi connectivity index (χ0) is 9.42. The molecule has 2 aliphatic rings. The molecule has 0 aromatic rings. The van der Waals surface area contributed by atoms with Gasteiger partial charge in [0.15, 0.2) is 0 Å². The molecule has 2 N–H and O–H groups in total. The fraction of sp³-hybridized carbons (Fsp3) is 0.889. The summed E-state index contributed by atoms with van der Waals surface area (Å²) < 4.78 is 0. The third-order valence-corrected chi connectivity index (χ3v) is 3.30. The van der Waals surface area contributed by atoms with Gasteiger partial charge in [-0.1, -0.05) is 6.42 Å². The highest BCUT2D eigenvalue weighted by Crippen LogP contribution is 2.34. The van der Waals surface area contributed by atoms with Gasteiger partial charge in [0.25, 0.3) is 0 Å².